The SMILES string of the molecule is CC(C)(C)c1ccc(C(=O)Nc2cc3c4c(c2)CCC(=O)N4CCC3)cc1. The molecule has 0 aliphatic carbocycles. The van der Waals surface area contributed by atoms with E-state index >= 15 is 0 Å². The van der Waals surface area contributed by atoms with Crippen molar-refractivity contribution >= 4 is 23.2 Å². The van der Waals surface area contributed by atoms with Gasteiger partial charge in [0, 0.05) is 24.2 Å². The Labute approximate surface area is 160 Å². The number of amides is 2. The summed E-state index contributed by atoms with van der Waals surface area (Å²) in [4.78, 5) is 26.8. The molecule has 0 unspecified atom stereocenters. The summed E-state index contributed by atoms with van der Waals surface area (Å²) in [6, 6.07) is 11.9. The van der Waals surface area contributed by atoms with Crippen LogP contribution in [0.1, 0.15) is 60.7 Å². The molecule has 27 heavy (non-hydrogen) atoms. The van der Waals surface area contributed by atoms with Gasteiger partial charge in [-0.3, -0.25) is 9.59 Å². The molecule has 4 heteroatoms. The van der Waals surface area contributed by atoms with E-state index in [1.165, 1.54) is 16.7 Å². The summed E-state index contributed by atoms with van der Waals surface area (Å²) in [7, 11) is 0. The summed E-state index contributed by atoms with van der Waals surface area (Å²) in [5.41, 5.74) is 6.19. The monoisotopic (exact) mass is 362 g/mol. The molecule has 0 fully saturated rings. The summed E-state index contributed by atoms with van der Waals surface area (Å²) in [6.45, 7) is 7.29. The third-order valence-electron chi connectivity index (χ3n) is 5.55. The molecule has 2 heterocycles. The topological polar surface area (TPSA) is 49.4 Å². The molecular formula is C23H26N2O2. The zero-order valence-corrected chi connectivity index (χ0v) is 16.3. The third kappa shape index (κ3) is 3.36. The van der Waals surface area contributed by atoms with Crippen molar-refractivity contribution in [2.45, 2.75) is 51.9 Å². The summed E-state index contributed by atoms with van der Waals surface area (Å²) >= 11 is 0. The molecule has 0 radical (unpaired) electrons. The van der Waals surface area contributed by atoms with Gasteiger partial charge in [0.25, 0.3) is 5.91 Å². The van der Waals surface area contributed by atoms with E-state index in [-0.39, 0.29) is 17.2 Å². The number of nitrogens with zero attached hydrogens (tertiary/aromatic N) is 1. The minimum Gasteiger partial charge on any atom is -0.322 e. The van der Waals surface area contributed by atoms with Crippen LogP contribution in [-0.4, -0.2) is 18.4 Å². The van der Waals surface area contributed by atoms with Crippen LogP contribution in [0.2, 0.25) is 0 Å². The van der Waals surface area contributed by atoms with Crippen molar-refractivity contribution in [2.24, 2.45) is 0 Å². The molecule has 2 amide bonds. The molecule has 0 bridgehead atoms. The molecule has 0 aromatic heterocycles. The van der Waals surface area contributed by atoms with Crippen LogP contribution >= 0.6 is 0 Å². The van der Waals surface area contributed by atoms with Gasteiger partial charge in [0.1, 0.15) is 0 Å². The summed E-state index contributed by atoms with van der Waals surface area (Å²) in [5, 5.41) is 3.05. The van der Waals surface area contributed by atoms with Crippen molar-refractivity contribution in [3.8, 4) is 0 Å². The third-order valence-corrected chi connectivity index (χ3v) is 5.55. The van der Waals surface area contributed by atoms with Gasteiger partial charge in [-0.2, -0.15) is 0 Å². The van der Waals surface area contributed by atoms with E-state index in [0.29, 0.717) is 12.0 Å². The van der Waals surface area contributed by atoms with Gasteiger partial charge in [0.2, 0.25) is 5.91 Å². The summed E-state index contributed by atoms with van der Waals surface area (Å²) in [5.74, 6) is 0.126. The fraction of sp³-hybridized carbons (Fsp3) is 0.391. The second kappa shape index (κ2) is 6.52. The highest BCUT2D eigenvalue weighted by Gasteiger charge is 2.29. The quantitative estimate of drug-likeness (QED) is 0.857. The number of nitrogens with one attached hydrogen (secondary N) is 1. The van der Waals surface area contributed by atoms with E-state index in [2.05, 4.69) is 26.1 Å². The summed E-state index contributed by atoms with van der Waals surface area (Å²) < 4.78 is 0. The normalized spacial score (nSPS) is 16.1. The molecule has 2 aliphatic rings. The highest BCUT2D eigenvalue weighted by molar-refractivity contribution is 6.05. The molecule has 0 atom stereocenters. The number of hydrogen-bond donors (Lipinski definition) is 1. The van der Waals surface area contributed by atoms with Crippen molar-refractivity contribution in [1.82, 2.24) is 0 Å². The number of hydrogen-bond acceptors (Lipinski definition) is 2. The maximum absolute atomic E-state index is 12.7. The van der Waals surface area contributed by atoms with Gasteiger partial charge in [-0.25, -0.2) is 0 Å². The number of anilines is 2. The molecule has 2 aliphatic heterocycles. The van der Waals surface area contributed by atoms with E-state index < -0.39 is 0 Å². The molecule has 0 saturated heterocycles. The predicted molar refractivity (Wildman–Crippen MR) is 109 cm³/mol. The van der Waals surface area contributed by atoms with Crippen LogP contribution in [0.3, 0.4) is 0 Å². The van der Waals surface area contributed by atoms with Crippen molar-refractivity contribution in [3.05, 3.63) is 58.7 Å². The van der Waals surface area contributed by atoms with Gasteiger partial charge < -0.3 is 10.2 Å². The van der Waals surface area contributed by atoms with Crippen molar-refractivity contribution in [3.63, 3.8) is 0 Å². The van der Waals surface area contributed by atoms with E-state index in [1.54, 1.807) is 0 Å². The van der Waals surface area contributed by atoms with Gasteiger partial charge in [0.15, 0.2) is 0 Å². The lowest BCUT2D eigenvalue weighted by Crippen LogP contribution is -2.39. The Morgan fingerprint density at radius 2 is 1.67 bits per heavy atom. The van der Waals surface area contributed by atoms with Crippen LogP contribution in [0.5, 0.6) is 0 Å². The number of benzene rings is 2. The van der Waals surface area contributed by atoms with Crippen LogP contribution in [0.4, 0.5) is 11.4 Å². The van der Waals surface area contributed by atoms with Crippen molar-refractivity contribution in [2.75, 3.05) is 16.8 Å². The Hall–Kier alpha value is -2.62. The lowest BCUT2D eigenvalue weighted by atomic mass is 9.86. The zero-order chi connectivity index (χ0) is 19.2. The van der Waals surface area contributed by atoms with E-state index in [9.17, 15) is 9.59 Å². The molecule has 140 valence electrons. The largest absolute Gasteiger partial charge is 0.322 e. The first-order chi connectivity index (χ1) is 12.8. The van der Waals surface area contributed by atoms with Crippen LogP contribution in [0, 0.1) is 0 Å². The van der Waals surface area contributed by atoms with Crippen LogP contribution in [-0.2, 0) is 23.1 Å². The fourth-order valence-electron chi connectivity index (χ4n) is 4.05. The van der Waals surface area contributed by atoms with E-state index in [0.717, 1.165) is 37.2 Å². The predicted octanol–water partition coefficient (Wildman–Crippen LogP) is 4.46. The Morgan fingerprint density at radius 1 is 1.00 bits per heavy atom. The summed E-state index contributed by atoms with van der Waals surface area (Å²) in [6.07, 6.45) is 3.24. The zero-order valence-electron chi connectivity index (χ0n) is 16.3. The van der Waals surface area contributed by atoms with Crippen molar-refractivity contribution in [1.29, 1.82) is 0 Å². The van der Waals surface area contributed by atoms with Crippen LogP contribution < -0.4 is 10.2 Å². The Bertz CT molecular complexity index is 890. The first kappa shape index (κ1) is 17.8. The minimum absolute atomic E-state index is 0.0689. The number of carbonyl (C=O) groups is 2. The lowest BCUT2D eigenvalue weighted by molar-refractivity contribution is -0.119. The Balaban J connectivity index is 1.58. The van der Waals surface area contributed by atoms with Crippen LogP contribution in [0.25, 0.3) is 0 Å². The average molecular weight is 362 g/mol. The molecular weight excluding hydrogens is 336 g/mol. The maximum atomic E-state index is 12.7. The Morgan fingerprint density at radius 3 is 2.33 bits per heavy atom. The molecule has 0 spiro atoms. The highest BCUT2D eigenvalue weighted by Crippen LogP contribution is 2.38. The number of aryl methyl sites for hydroxylation is 2. The molecule has 2 aromatic carbocycles. The van der Waals surface area contributed by atoms with Gasteiger partial charge >= 0.3 is 0 Å². The van der Waals surface area contributed by atoms with E-state index in [1.807, 2.05) is 41.3 Å². The highest BCUT2D eigenvalue weighted by atomic mass is 16.2. The maximum Gasteiger partial charge on any atom is 0.255 e. The van der Waals surface area contributed by atoms with Gasteiger partial charge in [-0.1, -0.05) is 32.9 Å². The molecule has 4 rings (SSSR count). The molecule has 0 saturated carbocycles. The number of carbonyl (C=O) groups excluding carboxylic acids is 2. The second-order valence-corrected chi connectivity index (χ2v) is 8.57. The average Bonchev–Trinajstić information content (AvgIpc) is 2.64. The fourth-order valence-corrected chi connectivity index (χ4v) is 4.05. The van der Waals surface area contributed by atoms with Crippen molar-refractivity contribution < 1.29 is 9.59 Å². The van der Waals surface area contributed by atoms with Gasteiger partial charge in [-0.15, -0.1) is 0 Å². The minimum atomic E-state index is -0.0952. The first-order valence-corrected chi connectivity index (χ1v) is 9.71. The smallest absolute Gasteiger partial charge is 0.255 e. The van der Waals surface area contributed by atoms with E-state index in [4.69, 9.17) is 0 Å². The Kier molecular flexibility index (Phi) is 4.29. The standard InChI is InChI=1S/C23H26N2O2/c1-23(2,3)18-9-6-15(7-10-18)22(27)24-19-13-16-5-4-12-25-20(26)11-8-17(14-19)21(16)25/h6-7,9-10,13-14H,4-5,8,11-12H2,1-3H3,(H,24,27). The number of rotatable bonds is 2. The van der Waals surface area contributed by atoms with Gasteiger partial charge in [-0.05, 0) is 65.6 Å². The van der Waals surface area contributed by atoms with Gasteiger partial charge in [0.05, 0.1) is 5.69 Å². The molecule has 4 nitrogen and oxygen atoms in total. The molecule has 1 N–H and O–H groups in total. The molecule has 2 aromatic rings. The second-order valence-electron chi connectivity index (χ2n) is 8.57. The lowest BCUT2D eigenvalue weighted by Gasteiger charge is -2.35. The first-order valence-electron chi connectivity index (χ1n) is 9.71. The van der Waals surface area contributed by atoms with Crippen LogP contribution in [0.15, 0.2) is 36.4 Å².